The van der Waals surface area contributed by atoms with Crippen LogP contribution in [0.5, 0.6) is 0 Å². The summed E-state index contributed by atoms with van der Waals surface area (Å²) in [7, 11) is 3.44. The Morgan fingerprint density at radius 2 is 2.08 bits per heavy atom. The zero-order chi connectivity index (χ0) is 17.8. The number of hydrogen-bond donors (Lipinski definition) is 1. The molecule has 0 unspecified atom stereocenters. The average Bonchev–Trinajstić information content (AvgIpc) is 3.01. The number of ether oxygens (including phenoxy) is 2. The summed E-state index contributed by atoms with van der Waals surface area (Å²) in [6.07, 6.45) is 1.18. The number of anilines is 2. The molecule has 0 radical (unpaired) electrons. The number of nitrogens with one attached hydrogen (secondary N) is 1. The third-order valence-electron chi connectivity index (χ3n) is 4.08. The Bertz CT molecular complexity index is 666. The van der Waals surface area contributed by atoms with E-state index in [1.165, 1.54) is 7.11 Å². The largest absolute Gasteiger partial charge is 0.474 e. The third-order valence-corrected chi connectivity index (χ3v) is 4.39. The number of methoxy groups -OCH3 is 1. The van der Waals surface area contributed by atoms with Crippen molar-refractivity contribution in [2.24, 2.45) is 5.10 Å². The fraction of sp³-hybridized carbons (Fsp3) is 0.438. The standard InChI is InChI=1S/C16H21N5O3S/c1-19-7-8-20(11-18-19)12-3-5-13(6-4-12)21-10-14(24-16(21)22)9-17-15(25)23-2/h3-6,11,14H,7-10H2,1-2H3,(H,17,25)/t14-/m0/s1. The van der Waals surface area contributed by atoms with Crippen LogP contribution in [0.1, 0.15) is 0 Å². The molecule has 0 spiro atoms. The number of benzene rings is 1. The maximum absolute atomic E-state index is 12.1. The van der Waals surface area contributed by atoms with E-state index >= 15 is 0 Å². The summed E-state index contributed by atoms with van der Waals surface area (Å²) in [6.45, 7) is 2.63. The zero-order valence-corrected chi connectivity index (χ0v) is 15.0. The van der Waals surface area contributed by atoms with Crippen molar-refractivity contribution in [2.45, 2.75) is 6.10 Å². The lowest BCUT2D eigenvalue weighted by Crippen LogP contribution is -2.36. The molecule has 2 aliphatic heterocycles. The van der Waals surface area contributed by atoms with Gasteiger partial charge in [-0.3, -0.25) is 9.91 Å². The van der Waals surface area contributed by atoms with Gasteiger partial charge in [-0.05, 0) is 36.5 Å². The quantitative estimate of drug-likeness (QED) is 0.807. The van der Waals surface area contributed by atoms with E-state index in [1.54, 1.807) is 4.90 Å². The first-order valence-electron chi connectivity index (χ1n) is 7.98. The topological polar surface area (TPSA) is 69.6 Å². The molecule has 9 heteroatoms. The molecule has 25 heavy (non-hydrogen) atoms. The van der Waals surface area contributed by atoms with Gasteiger partial charge in [0.1, 0.15) is 12.4 Å². The molecule has 2 heterocycles. The Balaban J connectivity index is 1.61. The molecule has 0 aliphatic carbocycles. The highest BCUT2D eigenvalue weighted by molar-refractivity contribution is 7.80. The lowest BCUT2D eigenvalue weighted by atomic mass is 10.2. The monoisotopic (exact) mass is 363 g/mol. The smallest absolute Gasteiger partial charge is 0.414 e. The van der Waals surface area contributed by atoms with Crippen molar-refractivity contribution in [3.05, 3.63) is 24.3 Å². The third kappa shape index (κ3) is 4.11. The lowest BCUT2D eigenvalue weighted by molar-refractivity contribution is 0.142. The number of thiocarbonyl (C=S) groups is 1. The number of nitrogens with zero attached hydrogens (tertiary/aromatic N) is 4. The van der Waals surface area contributed by atoms with Gasteiger partial charge >= 0.3 is 6.09 Å². The zero-order valence-electron chi connectivity index (χ0n) is 14.2. The Kier molecular flexibility index (Phi) is 5.22. The summed E-state index contributed by atoms with van der Waals surface area (Å²) in [5.41, 5.74) is 1.84. The van der Waals surface area contributed by atoms with Gasteiger partial charge in [-0.1, -0.05) is 0 Å². The highest BCUT2D eigenvalue weighted by Gasteiger charge is 2.32. The Morgan fingerprint density at radius 3 is 2.72 bits per heavy atom. The van der Waals surface area contributed by atoms with E-state index < -0.39 is 0 Å². The van der Waals surface area contributed by atoms with Crippen molar-refractivity contribution in [3.8, 4) is 0 Å². The first-order valence-corrected chi connectivity index (χ1v) is 8.39. The molecule has 0 bridgehead atoms. The normalized spacial score (nSPS) is 19.8. The number of carbonyl (C=O) groups excluding carboxylic acids is 1. The summed E-state index contributed by atoms with van der Waals surface area (Å²) in [6, 6.07) is 7.79. The first-order chi connectivity index (χ1) is 12.1. The summed E-state index contributed by atoms with van der Waals surface area (Å²) < 4.78 is 10.2. The molecule has 1 atom stereocenters. The molecule has 1 N–H and O–H groups in total. The second-order valence-corrected chi connectivity index (χ2v) is 6.18. The molecular weight excluding hydrogens is 342 g/mol. The van der Waals surface area contributed by atoms with E-state index in [-0.39, 0.29) is 17.4 Å². The van der Waals surface area contributed by atoms with Crippen LogP contribution in [0, 0.1) is 0 Å². The second kappa shape index (κ2) is 7.56. The molecule has 1 aromatic carbocycles. The van der Waals surface area contributed by atoms with Crippen LogP contribution >= 0.6 is 12.2 Å². The summed E-state index contributed by atoms with van der Waals surface area (Å²) >= 11 is 4.92. The molecular formula is C16H21N5O3S. The van der Waals surface area contributed by atoms with Crippen LogP contribution in [-0.2, 0) is 9.47 Å². The van der Waals surface area contributed by atoms with Crippen LogP contribution in [0.2, 0.25) is 0 Å². The highest BCUT2D eigenvalue weighted by Crippen LogP contribution is 2.25. The number of cyclic esters (lactones) is 1. The van der Waals surface area contributed by atoms with Crippen molar-refractivity contribution < 1.29 is 14.3 Å². The van der Waals surface area contributed by atoms with E-state index in [4.69, 9.17) is 21.7 Å². The Hall–Kier alpha value is -2.55. The maximum Gasteiger partial charge on any atom is 0.414 e. The number of rotatable bonds is 4. The van der Waals surface area contributed by atoms with Gasteiger partial charge in [0, 0.05) is 25.0 Å². The average molecular weight is 363 g/mol. The molecule has 134 valence electrons. The molecule has 2 aliphatic rings. The van der Waals surface area contributed by atoms with E-state index in [1.807, 2.05) is 42.7 Å². The molecule has 1 fully saturated rings. The first kappa shape index (κ1) is 17.3. The number of carbonyl (C=O) groups is 1. The van der Waals surface area contributed by atoms with Gasteiger partial charge in [0.05, 0.1) is 26.7 Å². The van der Waals surface area contributed by atoms with E-state index in [0.29, 0.717) is 13.1 Å². The number of hydrogen-bond acceptors (Lipinski definition) is 7. The van der Waals surface area contributed by atoms with Crippen LogP contribution in [0.15, 0.2) is 29.4 Å². The molecule has 8 nitrogen and oxygen atoms in total. The van der Waals surface area contributed by atoms with Gasteiger partial charge in [-0.2, -0.15) is 5.10 Å². The molecule has 1 saturated heterocycles. The van der Waals surface area contributed by atoms with Crippen LogP contribution in [0.3, 0.4) is 0 Å². The Morgan fingerprint density at radius 1 is 1.36 bits per heavy atom. The van der Waals surface area contributed by atoms with Crippen LogP contribution in [0.25, 0.3) is 0 Å². The van der Waals surface area contributed by atoms with Crippen molar-refractivity contribution >= 4 is 41.2 Å². The highest BCUT2D eigenvalue weighted by atomic mass is 32.1. The van der Waals surface area contributed by atoms with E-state index in [9.17, 15) is 4.79 Å². The van der Waals surface area contributed by atoms with Crippen molar-refractivity contribution in [1.82, 2.24) is 10.3 Å². The van der Waals surface area contributed by atoms with Gasteiger partial charge in [-0.15, -0.1) is 0 Å². The molecule has 0 aromatic heterocycles. The van der Waals surface area contributed by atoms with Crippen LogP contribution < -0.4 is 15.1 Å². The predicted octanol–water partition coefficient (Wildman–Crippen LogP) is 1.23. The summed E-state index contributed by atoms with van der Waals surface area (Å²) in [4.78, 5) is 15.8. The maximum atomic E-state index is 12.1. The van der Waals surface area contributed by atoms with Crippen molar-refractivity contribution in [1.29, 1.82) is 0 Å². The number of likely N-dealkylation sites (N-methyl/N-ethyl adjacent to an activating group) is 1. The SMILES string of the molecule is COC(=S)NC[C@H]1CN(c2ccc(N3C=NN(C)CC3)cc2)C(=O)O1. The van der Waals surface area contributed by atoms with E-state index in [2.05, 4.69) is 15.3 Å². The molecule has 1 aromatic rings. The van der Waals surface area contributed by atoms with Gasteiger partial charge in [0.2, 0.25) is 0 Å². The fourth-order valence-electron chi connectivity index (χ4n) is 2.65. The number of amides is 1. The van der Waals surface area contributed by atoms with Gasteiger partial charge in [-0.25, -0.2) is 4.79 Å². The number of hydrazone groups is 1. The molecule has 3 rings (SSSR count). The van der Waals surface area contributed by atoms with Crippen molar-refractivity contribution in [3.63, 3.8) is 0 Å². The van der Waals surface area contributed by atoms with Crippen LogP contribution in [0.4, 0.5) is 16.2 Å². The predicted molar refractivity (Wildman–Crippen MR) is 100 cm³/mol. The molecule has 0 saturated carbocycles. The van der Waals surface area contributed by atoms with Gasteiger partial charge < -0.3 is 19.7 Å². The van der Waals surface area contributed by atoms with E-state index in [0.717, 1.165) is 24.5 Å². The Labute approximate surface area is 152 Å². The minimum atomic E-state index is -0.357. The minimum Gasteiger partial charge on any atom is -0.474 e. The second-order valence-electron chi connectivity index (χ2n) is 5.81. The molecule has 1 amide bonds. The van der Waals surface area contributed by atoms with Gasteiger partial charge in [0.15, 0.2) is 0 Å². The van der Waals surface area contributed by atoms with Gasteiger partial charge in [0.25, 0.3) is 5.17 Å². The fourth-order valence-corrected chi connectivity index (χ4v) is 2.73. The lowest BCUT2D eigenvalue weighted by Gasteiger charge is -2.27. The van der Waals surface area contributed by atoms with Crippen molar-refractivity contribution in [2.75, 3.05) is 50.1 Å². The summed E-state index contributed by atoms with van der Waals surface area (Å²) in [5.74, 6) is 0. The minimum absolute atomic E-state index is 0.273. The van der Waals surface area contributed by atoms with Crippen LogP contribution in [-0.4, -0.2) is 69.1 Å². The summed E-state index contributed by atoms with van der Waals surface area (Å²) in [5, 5.41) is 9.36.